The maximum absolute atomic E-state index is 13.4. The van der Waals surface area contributed by atoms with E-state index in [1.54, 1.807) is 12.1 Å². The Hall–Kier alpha value is -1.19. The second-order valence-corrected chi connectivity index (χ2v) is 6.24. The van der Waals surface area contributed by atoms with Crippen LogP contribution in [0.1, 0.15) is 23.6 Å². The van der Waals surface area contributed by atoms with E-state index in [1.807, 2.05) is 0 Å². The number of benzene rings is 2. The lowest BCUT2D eigenvalue weighted by atomic mass is 9.98. The molecule has 0 spiro atoms. The van der Waals surface area contributed by atoms with E-state index in [2.05, 4.69) is 59.4 Å². The van der Waals surface area contributed by atoms with E-state index < -0.39 is 0 Å². The Labute approximate surface area is 134 Å². The van der Waals surface area contributed by atoms with Gasteiger partial charge in [0.15, 0.2) is 0 Å². The number of aryl methyl sites for hydroxylation is 1. The Morgan fingerprint density at radius 1 is 1.10 bits per heavy atom. The van der Waals surface area contributed by atoms with Crippen LogP contribution in [0.15, 0.2) is 46.9 Å². The van der Waals surface area contributed by atoms with Gasteiger partial charge in [0.25, 0.3) is 0 Å². The maximum Gasteiger partial charge on any atom is 0.123 e. The summed E-state index contributed by atoms with van der Waals surface area (Å²) >= 11 is 3.51. The van der Waals surface area contributed by atoms with Gasteiger partial charge in [-0.1, -0.05) is 52.7 Å². The number of rotatable bonds is 6. The zero-order valence-corrected chi connectivity index (χ0v) is 14.1. The molecule has 0 aliphatic carbocycles. The van der Waals surface area contributed by atoms with Gasteiger partial charge in [0, 0.05) is 10.5 Å². The van der Waals surface area contributed by atoms with E-state index >= 15 is 0 Å². The summed E-state index contributed by atoms with van der Waals surface area (Å²) in [6, 6.07) is 13.8. The second kappa shape index (κ2) is 7.71. The molecule has 1 N–H and O–H groups in total. The highest BCUT2D eigenvalue weighted by Crippen LogP contribution is 2.20. The molecule has 0 amide bonds. The van der Waals surface area contributed by atoms with Crippen molar-refractivity contribution in [3.63, 3.8) is 0 Å². The lowest BCUT2D eigenvalue weighted by molar-refractivity contribution is 0.518. The summed E-state index contributed by atoms with van der Waals surface area (Å²) in [5, 5.41) is 3.50. The predicted octanol–water partition coefficient (Wildman–Crippen LogP) is 4.66. The van der Waals surface area contributed by atoms with Crippen molar-refractivity contribution in [2.45, 2.75) is 32.7 Å². The minimum Gasteiger partial charge on any atom is -0.314 e. The molecule has 0 heterocycles. The molecule has 2 aromatic carbocycles. The van der Waals surface area contributed by atoms with Gasteiger partial charge >= 0.3 is 0 Å². The van der Waals surface area contributed by atoms with E-state index in [4.69, 9.17) is 0 Å². The van der Waals surface area contributed by atoms with Crippen LogP contribution < -0.4 is 5.32 Å². The molecular formula is C18H21BrFN. The van der Waals surface area contributed by atoms with Crippen LogP contribution in [0.2, 0.25) is 0 Å². The number of halogens is 2. The number of nitrogens with one attached hydrogen (secondary N) is 1. The molecule has 112 valence electrons. The summed E-state index contributed by atoms with van der Waals surface area (Å²) in [4.78, 5) is 0. The van der Waals surface area contributed by atoms with Crippen LogP contribution in [0.4, 0.5) is 4.39 Å². The fourth-order valence-corrected chi connectivity index (χ4v) is 2.89. The highest BCUT2D eigenvalue weighted by atomic mass is 79.9. The van der Waals surface area contributed by atoms with Crippen molar-refractivity contribution < 1.29 is 4.39 Å². The molecule has 0 saturated carbocycles. The molecule has 1 atom stereocenters. The van der Waals surface area contributed by atoms with Crippen LogP contribution in [-0.4, -0.2) is 12.6 Å². The third-order valence-electron chi connectivity index (χ3n) is 3.57. The number of hydrogen-bond acceptors (Lipinski definition) is 1. The van der Waals surface area contributed by atoms with E-state index in [0.717, 1.165) is 29.4 Å². The lowest BCUT2D eigenvalue weighted by Crippen LogP contribution is -2.33. The maximum atomic E-state index is 13.4. The summed E-state index contributed by atoms with van der Waals surface area (Å²) in [6.45, 7) is 5.10. The largest absolute Gasteiger partial charge is 0.314 e. The minimum absolute atomic E-state index is 0.182. The van der Waals surface area contributed by atoms with Gasteiger partial charge in [-0.3, -0.25) is 0 Å². The molecule has 0 aliphatic heterocycles. The number of hydrogen-bond donors (Lipinski definition) is 1. The first kappa shape index (κ1) is 16.2. The van der Waals surface area contributed by atoms with Gasteiger partial charge in [0.2, 0.25) is 0 Å². The van der Waals surface area contributed by atoms with E-state index in [1.165, 1.54) is 17.2 Å². The monoisotopic (exact) mass is 349 g/mol. The van der Waals surface area contributed by atoms with Crippen molar-refractivity contribution in [3.05, 3.63) is 69.4 Å². The van der Waals surface area contributed by atoms with Crippen LogP contribution >= 0.6 is 15.9 Å². The van der Waals surface area contributed by atoms with Gasteiger partial charge in [0.1, 0.15) is 5.82 Å². The Balaban J connectivity index is 2.11. The average molecular weight is 350 g/mol. The van der Waals surface area contributed by atoms with Gasteiger partial charge in [0.05, 0.1) is 0 Å². The molecule has 21 heavy (non-hydrogen) atoms. The normalized spacial score (nSPS) is 12.4. The fraction of sp³-hybridized carbons (Fsp3) is 0.333. The van der Waals surface area contributed by atoms with Crippen LogP contribution in [0, 0.1) is 12.7 Å². The highest BCUT2D eigenvalue weighted by molar-refractivity contribution is 9.10. The van der Waals surface area contributed by atoms with Crippen LogP contribution in [0.25, 0.3) is 0 Å². The lowest BCUT2D eigenvalue weighted by Gasteiger charge is -2.19. The van der Waals surface area contributed by atoms with Gasteiger partial charge < -0.3 is 5.32 Å². The molecule has 1 nitrogen and oxygen atoms in total. The summed E-state index contributed by atoms with van der Waals surface area (Å²) in [5.74, 6) is -0.182. The molecule has 1 unspecified atom stereocenters. The molecular weight excluding hydrogens is 329 g/mol. The Morgan fingerprint density at radius 2 is 1.81 bits per heavy atom. The van der Waals surface area contributed by atoms with Crippen molar-refractivity contribution in [2.24, 2.45) is 0 Å². The second-order valence-electron chi connectivity index (χ2n) is 5.38. The Kier molecular flexibility index (Phi) is 5.95. The van der Waals surface area contributed by atoms with Crippen LogP contribution in [0.3, 0.4) is 0 Å². The van der Waals surface area contributed by atoms with Crippen LogP contribution in [0.5, 0.6) is 0 Å². The molecule has 0 saturated heterocycles. The SMILES string of the molecule is CCNC(Cc1ccc(C)cc1)Cc1cc(F)ccc1Br. The minimum atomic E-state index is -0.182. The summed E-state index contributed by atoms with van der Waals surface area (Å²) in [5.41, 5.74) is 3.58. The zero-order chi connectivity index (χ0) is 15.2. The highest BCUT2D eigenvalue weighted by Gasteiger charge is 2.12. The predicted molar refractivity (Wildman–Crippen MR) is 90.2 cm³/mol. The van der Waals surface area contributed by atoms with Gasteiger partial charge in [-0.05, 0) is 55.6 Å². The first-order valence-electron chi connectivity index (χ1n) is 7.31. The van der Waals surface area contributed by atoms with Gasteiger partial charge in [-0.15, -0.1) is 0 Å². The standard InChI is InChI=1S/C18H21BrFN/c1-3-21-17(10-14-6-4-13(2)5-7-14)12-15-11-16(20)8-9-18(15)19/h4-9,11,17,21H,3,10,12H2,1-2H3. The summed E-state index contributed by atoms with van der Waals surface area (Å²) in [7, 11) is 0. The third kappa shape index (κ3) is 4.94. The molecule has 0 bridgehead atoms. The van der Waals surface area contributed by atoms with E-state index in [9.17, 15) is 4.39 Å². The van der Waals surface area contributed by atoms with Crippen molar-refractivity contribution in [1.82, 2.24) is 5.32 Å². The molecule has 0 radical (unpaired) electrons. The smallest absolute Gasteiger partial charge is 0.123 e. The molecule has 2 rings (SSSR count). The summed E-state index contributed by atoms with van der Waals surface area (Å²) in [6.07, 6.45) is 1.75. The van der Waals surface area contributed by atoms with Crippen LogP contribution in [-0.2, 0) is 12.8 Å². The van der Waals surface area contributed by atoms with Crippen molar-refractivity contribution in [3.8, 4) is 0 Å². The molecule has 0 aliphatic rings. The van der Waals surface area contributed by atoms with E-state index in [-0.39, 0.29) is 5.82 Å². The summed E-state index contributed by atoms with van der Waals surface area (Å²) < 4.78 is 14.4. The fourth-order valence-electron chi connectivity index (χ4n) is 2.48. The molecule has 2 aromatic rings. The van der Waals surface area contributed by atoms with Gasteiger partial charge in [-0.25, -0.2) is 4.39 Å². The van der Waals surface area contributed by atoms with Crippen molar-refractivity contribution in [2.75, 3.05) is 6.54 Å². The third-order valence-corrected chi connectivity index (χ3v) is 4.34. The van der Waals surface area contributed by atoms with Crippen molar-refractivity contribution in [1.29, 1.82) is 0 Å². The zero-order valence-electron chi connectivity index (χ0n) is 12.5. The number of likely N-dealkylation sites (N-methyl/N-ethyl adjacent to an activating group) is 1. The van der Waals surface area contributed by atoms with E-state index in [0.29, 0.717) is 6.04 Å². The van der Waals surface area contributed by atoms with Gasteiger partial charge in [-0.2, -0.15) is 0 Å². The molecule has 3 heteroatoms. The first-order valence-corrected chi connectivity index (χ1v) is 8.10. The Morgan fingerprint density at radius 3 is 2.48 bits per heavy atom. The van der Waals surface area contributed by atoms with Crippen molar-refractivity contribution >= 4 is 15.9 Å². The molecule has 0 fully saturated rings. The first-order chi connectivity index (χ1) is 10.1. The molecule has 0 aromatic heterocycles. The average Bonchev–Trinajstić information content (AvgIpc) is 2.45. The topological polar surface area (TPSA) is 12.0 Å². The quantitative estimate of drug-likeness (QED) is 0.799. The Bertz CT molecular complexity index is 580.